The van der Waals surface area contributed by atoms with Gasteiger partial charge in [0.1, 0.15) is 6.54 Å². The highest BCUT2D eigenvalue weighted by Gasteiger charge is 2.30. The number of carbonyl (C=O) groups excluding carboxylic acids is 2. The fraction of sp³-hybridized carbons (Fsp3) is 0.238. The van der Waals surface area contributed by atoms with E-state index in [9.17, 15) is 9.59 Å². The maximum Gasteiger partial charge on any atom is 0.325 e. The molecule has 11 nitrogen and oxygen atoms in total. The Morgan fingerprint density at radius 2 is 2.00 bits per heavy atom. The lowest BCUT2D eigenvalue weighted by Crippen LogP contribution is -2.40. The van der Waals surface area contributed by atoms with Crippen LogP contribution in [0.1, 0.15) is 11.6 Å². The second kappa shape index (κ2) is 8.10. The predicted molar refractivity (Wildman–Crippen MR) is 114 cm³/mol. The number of carbonyl (C=O) groups is 2. The van der Waals surface area contributed by atoms with Gasteiger partial charge in [-0.1, -0.05) is 23.4 Å². The molecular formula is C21H20N8O3. The number of rotatable bonds is 6. The van der Waals surface area contributed by atoms with E-state index in [-0.39, 0.29) is 25.0 Å². The van der Waals surface area contributed by atoms with Crippen molar-refractivity contribution in [3.63, 3.8) is 0 Å². The Morgan fingerprint density at radius 3 is 2.78 bits per heavy atom. The van der Waals surface area contributed by atoms with Crippen LogP contribution in [-0.2, 0) is 11.3 Å². The van der Waals surface area contributed by atoms with Crippen molar-refractivity contribution in [2.45, 2.75) is 13.5 Å². The molecule has 3 aromatic heterocycles. The highest BCUT2D eigenvalue weighted by atomic mass is 16.5. The van der Waals surface area contributed by atoms with Gasteiger partial charge in [0.25, 0.3) is 5.89 Å². The summed E-state index contributed by atoms with van der Waals surface area (Å²) in [7, 11) is 0. The number of hydrogen-bond donors (Lipinski definition) is 1. The van der Waals surface area contributed by atoms with Crippen molar-refractivity contribution < 1.29 is 14.1 Å². The smallest absolute Gasteiger partial charge is 0.325 e. The van der Waals surface area contributed by atoms with Crippen molar-refractivity contribution in [1.29, 1.82) is 0 Å². The van der Waals surface area contributed by atoms with Crippen LogP contribution >= 0.6 is 0 Å². The lowest BCUT2D eigenvalue weighted by atomic mass is 10.2. The molecule has 162 valence electrons. The second-order valence-electron chi connectivity index (χ2n) is 7.37. The van der Waals surface area contributed by atoms with Gasteiger partial charge in [0, 0.05) is 30.5 Å². The average molecular weight is 432 g/mol. The van der Waals surface area contributed by atoms with Gasteiger partial charge in [-0.25, -0.2) is 4.79 Å². The van der Waals surface area contributed by atoms with Gasteiger partial charge in [0.05, 0.1) is 6.54 Å². The molecule has 1 fully saturated rings. The van der Waals surface area contributed by atoms with Crippen molar-refractivity contribution in [3.05, 3.63) is 60.3 Å². The van der Waals surface area contributed by atoms with Crippen molar-refractivity contribution in [1.82, 2.24) is 35.0 Å². The molecule has 1 N–H and O–H groups in total. The summed E-state index contributed by atoms with van der Waals surface area (Å²) in [6.45, 7) is 2.96. The van der Waals surface area contributed by atoms with Gasteiger partial charge in [-0.05, 0) is 31.2 Å². The van der Waals surface area contributed by atoms with Crippen LogP contribution in [0.15, 0.2) is 53.2 Å². The van der Waals surface area contributed by atoms with Crippen LogP contribution < -0.4 is 10.2 Å². The zero-order valence-corrected chi connectivity index (χ0v) is 17.3. The minimum atomic E-state index is -0.261. The molecule has 32 heavy (non-hydrogen) atoms. The van der Waals surface area contributed by atoms with Crippen molar-refractivity contribution >= 4 is 23.3 Å². The van der Waals surface area contributed by atoms with Crippen LogP contribution in [0.4, 0.5) is 10.5 Å². The number of aryl methyl sites for hydroxylation is 1. The topological polar surface area (TPSA) is 122 Å². The average Bonchev–Trinajstić information content (AvgIpc) is 3.52. The number of hydrogen-bond acceptors (Lipinski definition) is 7. The highest BCUT2D eigenvalue weighted by Crippen LogP contribution is 2.20. The Morgan fingerprint density at radius 1 is 1.16 bits per heavy atom. The van der Waals surface area contributed by atoms with E-state index < -0.39 is 0 Å². The van der Waals surface area contributed by atoms with Crippen LogP contribution in [0, 0.1) is 6.92 Å². The summed E-state index contributed by atoms with van der Waals surface area (Å²) in [5, 5.41) is 14.9. The molecular weight excluding hydrogens is 412 g/mol. The molecule has 1 aliphatic rings. The molecule has 0 spiro atoms. The Kier molecular flexibility index (Phi) is 4.98. The van der Waals surface area contributed by atoms with Gasteiger partial charge < -0.3 is 14.7 Å². The zero-order valence-electron chi connectivity index (χ0n) is 17.3. The summed E-state index contributed by atoms with van der Waals surface area (Å²) < 4.78 is 6.95. The lowest BCUT2D eigenvalue weighted by Gasteiger charge is -2.18. The molecule has 0 unspecified atom stereocenters. The second-order valence-corrected chi connectivity index (χ2v) is 7.37. The molecule has 3 amide bonds. The fourth-order valence-electron chi connectivity index (χ4n) is 3.59. The number of aromatic nitrogens is 5. The summed E-state index contributed by atoms with van der Waals surface area (Å²) in [6, 6.07) is 12.8. The van der Waals surface area contributed by atoms with E-state index in [1.807, 2.05) is 36.4 Å². The maximum absolute atomic E-state index is 12.6. The molecule has 1 aliphatic heterocycles. The van der Waals surface area contributed by atoms with Crippen molar-refractivity contribution in [2.75, 3.05) is 24.5 Å². The number of nitrogens with one attached hydrogen (secondary N) is 1. The standard InChI is InChI=1S/C21H20N8O3/c1-14-23-20(32-26-14)15-7-8-29-17(11-15)24-25-18(29)12-22-19(30)13-27-9-10-28(21(27)31)16-5-3-2-4-6-16/h2-8,11H,9-10,12-13H2,1H3,(H,22,30). The minimum Gasteiger partial charge on any atom is -0.347 e. The van der Waals surface area contributed by atoms with Crippen LogP contribution in [0.25, 0.3) is 17.1 Å². The molecule has 0 bridgehead atoms. The maximum atomic E-state index is 12.6. The fourth-order valence-corrected chi connectivity index (χ4v) is 3.59. The monoisotopic (exact) mass is 432 g/mol. The van der Waals surface area contributed by atoms with E-state index in [1.54, 1.807) is 28.5 Å². The first kappa shape index (κ1) is 19.7. The number of pyridine rings is 1. The quantitative estimate of drug-likeness (QED) is 0.492. The SMILES string of the molecule is Cc1noc(-c2ccn3c(CNC(=O)CN4CCN(c5ccccc5)C4=O)nnc3c2)n1. The van der Waals surface area contributed by atoms with Gasteiger partial charge >= 0.3 is 6.03 Å². The van der Waals surface area contributed by atoms with Gasteiger partial charge in [-0.3, -0.25) is 14.1 Å². The molecule has 0 radical (unpaired) electrons. The molecule has 4 heterocycles. The third-order valence-electron chi connectivity index (χ3n) is 5.20. The molecule has 4 aromatic rings. The molecule has 5 rings (SSSR count). The molecule has 11 heteroatoms. The van der Waals surface area contributed by atoms with E-state index in [1.165, 1.54) is 4.90 Å². The molecule has 0 atom stereocenters. The van der Waals surface area contributed by atoms with Gasteiger partial charge in [0.2, 0.25) is 5.91 Å². The van der Waals surface area contributed by atoms with Crippen LogP contribution in [0.5, 0.6) is 0 Å². The first-order chi connectivity index (χ1) is 15.6. The summed E-state index contributed by atoms with van der Waals surface area (Å²) in [5.74, 6) is 1.26. The normalized spacial score (nSPS) is 13.8. The first-order valence-corrected chi connectivity index (χ1v) is 10.1. The third-order valence-corrected chi connectivity index (χ3v) is 5.20. The van der Waals surface area contributed by atoms with E-state index in [2.05, 4.69) is 25.7 Å². The van der Waals surface area contributed by atoms with Gasteiger partial charge in [-0.2, -0.15) is 4.98 Å². The first-order valence-electron chi connectivity index (χ1n) is 10.1. The van der Waals surface area contributed by atoms with Gasteiger partial charge in [0.15, 0.2) is 17.3 Å². The molecule has 1 aromatic carbocycles. The summed E-state index contributed by atoms with van der Waals surface area (Å²) in [5.41, 5.74) is 2.15. The third kappa shape index (κ3) is 3.75. The van der Waals surface area contributed by atoms with Crippen LogP contribution in [0.3, 0.4) is 0 Å². The molecule has 0 aliphatic carbocycles. The predicted octanol–water partition coefficient (Wildman–Crippen LogP) is 1.65. The number of nitrogens with zero attached hydrogens (tertiary/aromatic N) is 7. The summed E-state index contributed by atoms with van der Waals surface area (Å²) in [4.78, 5) is 32.5. The number of amides is 3. The van der Waals surface area contributed by atoms with E-state index in [0.29, 0.717) is 36.3 Å². The summed E-state index contributed by atoms with van der Waals surface area (Å²) >= 11 is 0. The molecule has 0 saturated carbocycles. The van der Waals surface area contributed by atoms with E-state index >= 15 is 0 Å². The van der Waals surface area contributed by atoms with E-state index in [4.69, 9.17) is 4.52 Å². The highest BCUT2D eigenvalue weighted by molar-refractivity contribution is 5.96. The lowest BCUT2D eigenvalue weighted by molar-refractivity contribution is -0.121. The largest absolute Gasteiger partial charge is 0.347 e. The van der Waals surface area contributed by atoms with E-state index in [0.717, 1.165) is 11.3 Å². The number of benzene rings is 1. The minimum absolute atomic E-state index is 0.0143. The number of anilines is 1. The zero-order chi connectivity index (χ0) is 22.1. The Labute approximate surface area is 182 Å². The Balaban J connectivity index is 1.20. The van der Waals surface area contributed by atoms with Crippen molar-refractivity contribution in [2.24, 2.45) is 0 Å². The van der Waals surface area contributed by atoms with Gasteiger partial charge in [-0.15, -0.1) is 10.2 Å². The number of para-hydroxylation sites is 1. The van der Waals surface area contributed by atoms with Crippen molar-refractivity contribution in [3.8, 4) is 11.5 Å². The van der Waals surface area contributed by atoms with Crippen LogP contribution in [-0.4, -0.2) is 61.2 Å². The Bertz CT molecular complexity index is 1280. The number of urea groups is 1. The molecule has 1 saturated heterocycles. The summed E-state index contributed by atoms with van der Waals surface area (Å²) in [6.07, 6.45) is 1.79. The van der Waals surface area contributed by atoms with Crippen LogP contribution in [0.2, 0.25) is 0 Å². The number of fused-ring (bicyclic) bond motifs is 1. The Hall–Kier alpha value is -4.28.